The highest BCUT2D eigenvalue weighted by molar-refractivity contribution is 5.93. The lowest BCUT2D eigenvalue weighted by Gasteiger charge is -2.14. The number of hydrogen-bond donors (Lipinski definition) is 1. The molecule has 3 heteroatoms. The molecule has 0 amide bonds. The second kappa shape index (κ2) is 5.32. The van der Waals surface area contributed by atoms with Gasteiger partial charge >= 0.3 is 0 Å². The van der Waals surface area contributed by atoms with Crippen LogP contribution >= 0.6 is 0 Å². The monoisotopic (exact) mass is 296 g/mol. The van der Waals surface area contributed by atoms with E-state index < -0.39 is 0 Å². The first kappa shape index (κ1) is 14.4. The maximum Gasteiger partial charge on any atom is 0.209 e. The van der Waals surface area contributed by atoms with E-state index in [0.717, 1.165) is 19.5 Å². The molecule has 0 saturated carbocycles. The Morgan fingerprint density at radius 1 is 1.24 bits per heavy atom. The summed E-state index contributed by atoms with van der Waals surface area (Å²) in [6.45, 7) is 8.61. The van der Waals surface area contributed by atoms with E-state index in [1.165, 1.54) is 17.0 Å². The molecule has 0 fully saturated rings. The summed E-state index contributed by atoms with van der Waals surface area (Å²) in [7, 11) is 0. The predicted molar refractivity (Wildman–Crippen MR) is 68.6 cm³/mol. The van der Waals surface area contributed by atoms with E-state index >= 15 is 0 Å². The lowest BCUT2D eigenvalue weighted by molar-refractivity contribution is -0.439. The molecule has 2 N–H and O–H groups in total. The zero-order valence-electron chi connectivity index (χ0n) is 10.8. The number of fused-ring (bicyclic) bond motifs is 1. The van der Waals surface area contributed by atoms with Gasteiger partial charge in [-0.3, -0.25) is 0 Å². The molecule has 0 unspecified atom stereocenters. The zero-order valence-corrected chi connectivity index (χ0v) is 12.4. The molecule has 0 saturated heterocycles. The van der Waals surface area contributed by atoms with Crippen LogP contribution in [0.5, 0.6) is 0 Å². The van der Waals surface area contributed by atoms with Crippen molar-refractivity contribution in [3.8, 4) is 0 Å². The summed E-state index contributed by atoms with van der Waals surface area (Å²) in [5.74, 6) is 0. The van der Waals surface area contributed by atoms with Crippen molar-refractivity contribution in [2.45, 2.75) is 32.6 Å². The van der Waals surface area contributed by atoms with E-state index in [4.69, 9.17) is 5.73 Å². The molecule has 0 atom stereocenters. The van der Waals surface area contributed by atoms with Gasteiger partial charge in [0.25, 0.3) is 0 Å². The smallest absolute Gasteiger partial charge is 0.209 e. The van der Waals surface area contributed by atoms with Crippen LogP contribution in [0.25, 0.3) is 0 Å². The van der Waals surface area contributed by atoms with E-state index in [0.29, 0.717) is 0 Å². The SMILES string of the molecule is CC1=[N+](CCCN)c2ccccc2C1(C)C.[Br-]. The van der Waals surface area contributed by atoms with E-state index in [-0.39, 0.29) is 22.4 Å². The van der Waals surface area contributed by atoms with E-state index in [1.54, 1.807) is 0 Å². The summed E-state index contributed by atoms with van der Waals surface area (Å²) < 4.78 is 2.42. The Labute approximate surface area is 114 Å². The molecular weight excluding hydrogens is 276 g/mol. The summed E-state index contributed by atoms with van der Waals surface area (Å²) in [6, 6.07) is 8.69. The molecule has 0 bridgehead atoms. The number of para-hydroxylation sites is 1. The van der Waals surface area contributed by atoms with Crippen molar-refractivity contribution < 1.29 is 21.6 Å². The van der Waals surface area contributed by atoms with Crippen LogP contribution in [0.3, 0.4) is 0 Å². The molecule has 2 nitrogen and oxygen atoms in total. The Kier molecular flexibility index (Phi) is 4.50. The number of rotatable bonds is 3. The topological polar surface area (TPSA) is 29.0 Å². The van der Waals surface area contributed by atoms with Gasteiger partial charge in [0, 0.05) is 25.0 Å². The van der Waals surface area contributed by atoms with Gasteiger partial charge in [0.2, 0.25) is 5.69 Å². The van der Waals surface area contributed by atoms with Gasteiger partial charge in [-0.25, -0.2) is 0 Å². The largest absolute Gasteiger partial charge is 1.00 e. The average molecular weight is 297 g/mol. The third-order valence-corrected chi connectivity index (χ3v) is 3.76. The van der Waals surface area contributed by atoms with Gasteiger partial charge in [-0.15, -0.1) is 0 Å². The molecule has 0 aromatic heterocycles. The van der Waals surface area contributed by atoms with Crippen molar-refractivity contribution >= 4 is 11.4 Å². The van der Waals surface area contributed by atoms with Crippen LogP contribution in [0.1, 0.15) is 32.8 Å². The van der Waals surface area contributed by atoms with Crippen molar-refractivity contribution in [2.24, 2.45) is 5.73 Å². The molecule has 1 aliphatic rings. The van der Waals surface area contributed by atoms with Gasteiger partial charge in [0.05, 0.1) is 5.41 Å². The highest BCUT2D eigenvalue weighted by Crippen LogP contribution is 2.38. The van der Waals surface area contributed by atoms with Crippen LogP contribution in [0.2, 0.25) is 0 Å². The molecule has 0 radical (unpaired) electrons. The molecule has 1 heterocycles. The van der Waals surface area contributed by atoms with Crippen LogP contribution in [0.15, 0.2) is 24.3 Å². The van der Waals surface area contributed by atoms with Crippen LogP contribution in [0.4, 0.5) is 5.69 Å². The fourth-order valence-electron chi connectivity index (χ4n) is 2.49. The standard InChI is InChI=1S/C14H21N2.BrH/c1-11-14(2,3)12-7-4-5-8-13(12)16(11)10-6-9-15;/h4-5,7-8H,6,9-10,15H2,1-3H3;1H/q+1;/p-1. The maximum atomic E-state index is 5.60. The van der Waals surface area contributed by atoms with Crippen molar-refractivity contribution in [1.82, 2.24) is 0 Å². The van der Waals surface area contributed by atoms with Crippen molar-refractivity contribution in [1.29, 1.82) is 0 Å². The highest BCUT2D eigenvalue weighted by atomic mass is 79.9. The Hall–Kier alpha value is -0.670. The number of benzene rings is 1. The Morgan fingerprint density at radius 2 is 1.88 bits per heavy atom. The molecule has 1 aliphatic heterocycles. The van der Waals surface area contributed by atoms with E-state index in [2.05, 4.69) is 49.6 Å². The lowest BCUT2D eigenvalue weighted by atomic mass is 9.82. The molecular formula is C14H21BrN2. The number of hydrogen-bond acceptors (Lipinski definition) is 1. The first-order valence-electron chi connectivity index (χ1n) is 6.00. The Morgan fingerprint density at radius 3 is 2.53 bits per heavy atom. The third kappa shape index (κ3) is 2.31. The lowest BCUT2D eigenvalue weighted by Crippen LogP contribution is -3.00. The molecule has 2 rings (SSSR count). The minimum absolute atomic E-state index is 0. The second-order valence-electron chi connectivity index (χ2n) is 5.02. The van der Waals surface area contributed by atoms with Crippen molar-refractivity contribution in [3.63, 3.8) is 0 Å². The Bertz CT molecular complexity index is 436. The van der Waals surface area contributed by atoms with Gasteiger partial charge in [-0.2, -0.15) is 4.58 Å². The van der Waals surface area contributed by atoms with Gasteiger partial charge in [-0.05, 0) is 20.4 Å². The first-order valence-corrected chi connectivity index (χ1v) is 6.00. The average Bonchev–Trinajstić information content (AvgIpc) is 2.47. The number of nitrogens with two attached hydrogens (primary N) is 1. The third-order valence-electron chi connectivity index (χ3n) is 3.76. The summed E-state index contributed by atoms with van der Waals surface area (Å²) in [6.07, 6.45) is 1.04. The van der Waals surface area contributed by atoms with Gasteiger partial charge in [0.15, 0.2) is 5.71 Å². The maximum absolute atomic E-state index is 5.60. The van der Waals surface area contributed by atoms with Crippen LogP contribution in [0, 0.1) is 0 Å². The fourth-order valence-corrected chi connectivity index (χ4v) is 2.49. The van der Waals surface area contributed by atoms with Crippen LogP contribution in [-0.2, 0) is 5.41 Å². The summed E-state index contributed by atoms with van der Waals surface area (Å²) in [5.41, 5.74) is 9.99. The van der Waals surface area contributed by atoms with Crippen LogP contribution < -0.4 is 22.7 Å². The van der Waals surface area contributed by atoms with Gasteiger partial charge in [-0.1, -0.05) is 18.2 Å². The molecule has 1 aromatic carbocycles. The van der Waals surface area contributed by atoms with E-state index in [9.17, 15) is 0 Å². The second-order valence-corrected chi connectivity index (χ2v) is 5.02. The molecule has 0 spiro atoms. The normalized spacial score (nSPS) is 16.7. The summed E-state index contributed by atoms with van der Waals surface area (Å²) in [4.78, 5) is 0. The van der Waals surface area contributed by atoms with Gasteiger partial charge < -0.3 is 22.7 Å². The molecule has 17 heavy (non-hydrogen) atoms. The summed E-state index contributed by atoms with van der Waals surface area (Å²) >= 11 is 0. The van der Waals surface area contributed by atoms with E-state index in [1.807, 2.05) is 0 Å². The molecule has 94 valence electrons. The van der Waals surface area contributed by atoms with Gasteiger partial charge in [0.1, 0.15) is 6.54 Å². The molecule has 1 aromatic rings. The summed E-state index contributed by atoms with van der Waals surface area (Å²) in [5, 5.41) is 0. The van der Waals surface area contributed by atoms with Crippen molar-refractivity contribution in [2.75, 3.05) is 13.1 Å². The predicted octanol–water partition coefficient (Wildman–Crippen LogP) is -0.564. The number of nitrogens with zero attached hydrogens (tertiary/aromatic N) is 1. The molecule has 0 aliphatic carbocycles. The quantitative estimate of drug-likeness (QED) is 0.744. The minimum atomic E-state index is 0. The minimum Gasteiger partial charge on any atom is -1.00 e. The van der Waals surface area contributed by atoms with Crippen LogP contribution in [-0.4, -0.2) is 23.4 Å². The zero-order chi connectivity index (χ0) is 11.8. The first-order chi connectivity index (χ1) is 7.59. The Balaban J connectivity index is 0.00000144. The van der Waals surface area contributed by atoms with Crippen molar-refractivity contribution in [3.05, 3.63) is 29.8 Å². The highest BCUT2D eigenvalue weighted by Gasteiger charge is 2.42. The fraction of sp³-hybridized carbons (Fsp3) is 0.500. The number of halogens is 1.